The predicted octanol–water partition coefficient (Wildman–Crippen LogP) is 3.02. The SMILES string of the molecule is Cc1cccc(C(CN)CN2CC(C)CC(C)C2)c1. The molecule has 2 nitrogen and oxygen atoms in total. The van der Waals surface area contributed by atoms with E-state index in [9.17, 15) is 0 Å². The molecule has 3 unspecified atom stereocenters. The minimum atomic E-state index is 0.470. The molecule has 0 bridgehead atoms. The smallest absolute Gasteiger partial charge is 0.00889 e. The molecule has 0 amide bonds. The molecule has 2 heteroatoms. The van der Waals surface area contributed by atoms with Gasteiger partial charge in [0.1, 0.15) is 0 Å². The highest BCUT2D eigenvalue weighted by atomic mass is 15.1. The van der Waals surface area contributed by atoms with Gasteiger partial charge in [-0.2, -0.15) is 0 Å². The van der Waals surface area contributed by atoms with Crippen LogP contribution in [0.15, 0.2) is 24.3 Å². The van der Waals surface area contributed by atoms with E-state index in [2.05, 4.69) is 49.9 Å². The second-order valence-corrected chi connectivity index (χ2v) is 6.51. The quantitative estimate of drug-likeness (QED) is 0.901. The number of aryl methyl sites for hydroxylation is 1. The van der Waals surface area contributed by atoms with Gasteiger partial charge in [-0.1, -0.05) is 43.7 Å². The van der Waals surface area contributed by atoms with E-state index in [1.54, 1.807) is 0 Å². The van der Waals surface area contributed by atoms with E-state index in [1.165, 1.54) is 30.6 Å². The van der Waals surface area contributed by atoms with Crippen LogP contribution in [0.25, 0.3) is 0 Å². The van der Waals surface area contributed by atoms with E-state index in [0.29, 0.717) is 5.92 Å². The fourth-order valence-electron chi connectivity index (χ4n) is 3.49. The molecule has 0 aromatic heterocycles. The maximum absolute atomic E-state index is 6.01. The van der Waals surface area contributed by atoms with Gasteiger partial charge in [0.05, 0.1) is 0 Å². The lowest BCUT2D eigenvalue weighted by Crippen LogP contribution is -2.41. The summed E-state index contributed by atoms with van der Waals surface area (Å²) in [5, 5.41) is 0. The molecule has 0 aliphatic carbocycles. The number of rotatable bonds is 4. The number of hydrogen-bond donors (Lipinski definition) is 1. The molecule has 0 radical (unpaired) electrons. The second-order valence-electron chi connectivity index (χ2n) is 6.51. The number of hydrogen-bond acceptors (Lipinski definition) is 2. The molecular formula is C17H28N2. The first-order valence-corrected chi connectivity index (χ1v) is 7.57. The van der Waals surface area contributed by atoms with Crippen LogP contribution in [0.2, 0.25) is 0 Å². The maximum Gasteiger partial charge on any atom is 0.00889 e. The Balaban J connectivity index is 2.02. The minimum Gasteiger partial charge on any atom is -0.330 e. The van der Waals surface area contributed by atoms with Gasteiger partial charge in [0, 0.05) is 32.1 Å². The number of piperidine rings is 1. The van der Waals surface area contributed by atoms with Gasteiger partial charge < -0.3 is 10.6 Å². The van der Waals surface area contributed by atoms with Crippen LogP contribution < -0.4 is 5.73 Å². The normalized spacial score (nSPS) is 26.3. The van der Waals surface area contributed by atoms with Gasteiger partial charge in [0.15, 0.2) is 0 Å². The van der Waals surface area contributed by atoms with Crippen molar-refractivity contribution in [2.24, 2.45) is 17.6 Å². The Kier molecular flexibility index (Phi) is 5.00. The predicted molar refractivity (Wildman–Crippen MR) is 82.4 cm³/mol. The topological polar surface area (TPSA) is 29.3 Å². The van der Waals surface area contributed by atoms with Gasteiger partial charge in [-0.3, -0.25) is 0 Å². The van der Waals surface area contributed by atoms with Crippen molar-refractivity contribution in [2.75, 3.05) is 26.2 Å². The standard InChI is InChI=1S/C17H28N2/c1-13-5-4-6-16(8-13)17(9-18)12-19-10-14(2)7-15(3)11-19/h4-6,8,14-15,17H,7,9-12,18H2,1-3H3. The Bertz CT molecular complexity index is 392. The van der Waals surface area contributed by atoms with Crippen molar-refractivity contribution in [3.63, 3.8) is 0 Å². The lowest BCUT2D eigenvalue weighted by Gasteiger charge is -2.37. The van der Waals surface area contributed by atoms with Crippen LogP contribution >= 0.6 is 0 Å². The molecule has 0 saturated carbocycles. The highest BCUT2D eigenvalue weighted by Gasteiger charge is 2.24. The van der Waals surface area contributed by atoms with Crippen molar-refractivity contribution < 1.29 is 0 Å². The van der Waals surface area contributed by atoms with Crippen molar-refractivity contribution in [1.29, 1.82) is 0 Å². The summed E-state index contributed by atoms with van der Waals surface area (Å²) in [7, 11) is 0. The van der Waals surface area contributed by atoms with Gasteiger partial charge in [0.25, 0.3) is 0 Å². The van der Waals surface area contributed by atoms with Crippen molar-refractivity contribution in [1.82, 2.24) is 4.90 Å². The first-order chi connectivity index (χ1) is 9.08. The van der Waals surface area contributed by atoms with Crippen LogP contribution in [-0.4, -0.2) is 31.1 Å². The lowest BCUT2D eigenvalue weighted by molar-refractivity contribution is 0.134. The summed E-state index contributed by atoms with van der Waals surface area (Å²) < 4.78 is 0. The Labute approximate surface area is 118 Å². The summed E-state index contributed by atoms with van der Waals surface area (Å²) in [4.78, 5) is 2.61. The van der Waals surface area contributed by atoms with Crippen molar-refractivity contribution in [2.45, 2.75) is 33.1 Å². The summed E-state index contributed by atoms with van der Waals surface area (Å²) in [6, 6.07) is 8.81. The molecule has 0 spiro atoms. The Morgan fingerprint density at radius 2 is 1.95 bits per heavy atom. The molecule has 1 saturated heterocycles. The van der Waals surface area contributed by atoms with Gasteiger partial charge in [-0.25, -0.2) is 0 Å². The third kappa shape index (κ3) is 4.05. The molecular weight excluding hydrogens is 232 g/mol. The first kappa shape index (κ1) is 14.5. The molecule has 1 fully saturated rings. The molecule has 1 aliphatic heterocycles. The minimum absolute atomic E-state index is 0.470. The molecule has 1 aliphatic rings. The first-order valence-electron chi connectivity index (χ1n) is 7.57. The second kappa shape index (κ2) is 6.53. The molecule has 2 N–H and O–H groups in total. The van der Waals surface area contributed by atoms with Crippen molar-refractivity contribution >= 4 is 0 Å². The van der Waals surface area contributed by atoms with E-state index in [-0.39, 0.29) is 0 Å². The van der Waals surface area contributed by atoms with Crippen LogP contribution in [0.5, 0.6) is 0 Å². The zero-order valence-electron chi connectivity index (χ0n) is 12.6. The Morgan fingerprint density at radius 1 is 1.26 bits per heavy atom. The third-order valence-electron chi connectivity index (χ3n) is 4.22. The van der Waals surface area contributed by atoms with E-state index in [1.807, 2.05) is 0 Å². The van der Waals surface area contributed by atoms with E-state index < -0.39 is 0 Å². The average Bonchev–Trinajstić information content (AvgIpc) is 2.34. The Hall–Kier alpha value is -0.860. The monoisotopic (exact) mass is 260 g/mol. The highest BCUT2D eigenvalue weighted by molar-refractivity contribution is 5.26. The number of nitrogens with two attached hydrogens (primary N) is 1. The maximum atomic E-state index is 6.01. The Morgan fingerprint density at radius 3 is 2.53 bits per heavy atom. The summed E-state index contributed by atoms with van der Waals surface area (Å²) in [6.45, 7) is 11.2. The van der Waals surface area contributed by atoms with Crippen LogP contribution in [0.1, 0.15) is 37.3 Å². The molecule has 1 aromatic rings. The molecule has 1 aromatic carbocycles. The zero-order chi connectivity index (χ0) is 13.8. The lowest BCUT2D eigenvalue weighted by atomic mass is 9.90. The fourth-order valence-corrected chi connectivity index (χ4v) is 3.49. The molecule has 2 rings (SSSR count). The van der Waals surface area contributed by atoms with E-state index in [0.717, 1.165) is 24.9 Å². The number of likely N-dealkylation sites (tertiary alicyclic amines) is 1. The third-order valence-corrected chi connectivity index (χ3v) is 4.22. The van der Waals surface area contributed by atoms with Crippen LogP contribution in [0.3, 0.4) is 0 Å². The fraction of sp³-hybridized carbons (Fsp3) is 0.647. The molecule has 3 atom stereocenters. The van der Waals surface area contributed by atoms with Gasteiger partial charge in [0.2, 0.25) is 0 Å². The number of nitrogens with zero attached hydrogens (tertiary/aromatic N) is 1. The summed E-state index contributed by atoms with van der Waals surface area (Å²) in [5.41, 5.74) is 8.74. The largest absolute Gasteiger partial charge is 0.330 e. The molecule has 106 valence electrons. The number of benzene rings is 1. The van der Waals surface area contributed by atoms with Crippen molar-refractivity contribution in [3.05, 3.63) is 35.4 Å². The highest BCUT2D eigenvalue weighted by Crippen LogP contribution is 2.24. The average molecular weight is 260 g/mol. The van der Waals surface area contributed by atoms with Gasteiger partial charge >= 0.3 is 0 Å². The summed E-state index contributed by atoms with van der Waals surface area (Å²) in [5.74, 6) is 2.11. The van der Waals surface area contributed by atoms with Crippen LogP contribution in [0, 0.1) is 18.8 Å². The summed E-state index contributed by atoms with van der Waals surface area (Å²) >= 11 is 0. The van der Waals surface area contributed by atoms with Gasteiger partial charge in [-0.05, 0) is 30.7 Å². The van der Waals surface area contributed by atoms with Crippen molar-refractivity contribution in [3.8, 4) is 0 Å². The molecule has 19 heavy (non-hydrogen) atoms. The van der Waals surface area contributed by atoms with Gasteiger partial charge in [-0.15, -0.1) is 0 Å². The van der Waals surface area contributed by atoms with E-state index >= 15 is 0 Å². The van der Waals surface area contributed by atoms with E-state index in [4.69, 9.17) is 5.73 Å². The summed E-state index contributed by atoms with van der Waals surface area (Å²) in [6.07, 6.45) is 1.37. The van der Waals surface area contributed by atoms with Crippen LogP contribution in [0.4, 0.5) is 0 Å². The zero-order valence-corrected chi connectivity index (χ0v) is 12.6. The molecule has 1 heterocycles. The van der Waals surface area contributed by atoms with Crippen LogP contribution in [-0.2, 0) is 0 Å².